The average Bonchev–Trinajstić information content (AvgIpc) is 2.85. The van der Waals surface area contributed by atoms with Gasteiger partial charge in [0.1, 0.15) is 0 Å². The Labute approximate surface area is 230 Å². The molecule has 2 N–H and O–H groups in total. The summed E-state index contributed by atoms with van der Waals surface area (Å²) in [5.41, 5.74) is -1.77. The number of nitrogens with one attached hydrogen (secondary N) is 1. The van der Waals surface area contributed by atoms with E-state index < -0.39 is 30.0 Å². The van der Waals surface area contributed by atoms with Crippen molar-refractivity contribution in [3.05, 3.63) is 23.8 Å². The van der Waals surface area contributed by atoms with Crippen LogP contribution in [0.5, 0.6) is 11.5 Å². The second-order valence-electron chi connectivity index (χ2n) is 9.72. The highest BCUT2D eigenvalue weighted by Gasteiger charge is 2.44. The minimum absolute atomic E-state index is 0.0299. The molecule has 0 radical (unpaired) electrons. The molecule has 0 fully saturated rings. The lowest BCUT2D eigenvalue weighted by Gasteiger charge is -2.33. The van der Waals surface area contributed by atoms with E-state index in [1.807, 2.05) is 34.6 Å². The molecule has 220 valence electrons. The third kappa shape index (κ3) is 12.4. The lowest BCUT2D eigenvalue weighted by molar-refractivity contribution is -0.185. The molecule has 11 nitrogen and oxygen atoms in total. The van der Waals surface area contributed by atoms with Crippen molar-refractivity contribution in [3.63, 3.8) is 0 Å². The maximum absolute atomic E-state index is 12.6. The molecule has 2 atom stereocenters. The van der Waals surface area contributed by atoms with Gasteiger partial charge in [0.05, 0.1) is 13.2 Å². The van der Waals surface area contributed by atoms with E-state index in [1.54, 1.807) is 6.92 Å². The molecule has 1 aromatic rings. The minimum atomic E-state index is -2.10. The Balaban J connectivity index is 3.37. The molecule has 0 heterocycles. The maximum atomic E-state index is 12.6. The number of ether oxygens (including phenoxy) is 5. The summed E-state index contributed by atoms with van der Waals surface area (Å²) in [5.74, 6) is -2.41. The molecule has 0 aromatic heterocycles. The van der Waals surface area contributed by atoms with Gasteiger partial charge in [0, 0.05) is 18.9 Å². The fraction of sp³-hybridized carbons (Fsp3) is 0.643. The number of carboxylic acids is 1. The standard InChI is InChI=1S/C28H43NO10/c1-7-10-14-35-26(33)37-22-13-12-21(17-23(22)38-27(34)36-15-11-8-2)18-28(25(31)32,29-20(6)9-3)39-24(30)16-19(4)5/h12-13,17,19-20,29H,7-11,14-16,18H2,1-6H3,(H,31,32)/t20?,28-/m0/s1. The number of carbonyl (C=O) groups is 4. The number of unbranched alkanes of at least 4 members (excludes halogenated alkanes) is 2. The lowest BCUT2D eigenvalue weighted by Crippen LogP contribution is -2.59. The van der Waals surface area contributed by atoms with Crippen LogP contribution in [0.2, 0.25) is 0 Å². The molecule has 0 saturated carbocycles. The van der Waals surface area contributed by atoms with E-state index in [9.17, 15) is 24.3 Å². The second kappa shape index (κ2) is 17.3. The Morgan fingerprint density at radius 1 is 0.897 bits per heavy atom. The first-order chi connectivity index (χ1) is 18.5. The highest BCUT2D eigenvalue weighted by molar-refractivity contribution is 5.82. The molecule has 0 aliphatic rings. The predicted molar refractivity (Wildman–Crippen MR) is 143 cm³/mol. The summed E-state index contributed by atoms with van der Waals surface area (Å²) in [6, 6.07) is 3.85. The van der Waals surface area contributed by atoms with Crippen LogP contribution in [0.1, 0.15) is 85.6 Å². The van der Waals surface area contributed by atoms with E-state index in [0.29, 0.717) is 24.8 Å². The van der Waals surface area contributed by atoms with Gasteiger partial charge >= 0.3 is 24.2 Å². The van der Waals surface area contributed by atoms with Crippen molar-refractivity contribution in [1.29, 1.82) is 0 Å². The van der Waals surface area contributed by atoms with Crippen molar-refractivity contribution >= 4 is 24.2 Å². The number of hydrogen-bond donors (Lipinski definition) is 2. The first-order valence-electron chi connectivity index (χ1n) is 13.5. The van der Waals surface area contributed by atoms with Crippen LogP contribution in [0.15, 0.2) is 18.2 Å². The van der Waals surface area contributed by atoms with Gasteiger partial charge in [-0.1, -0.05) is 53.5 Å². The van der Waals surface area contributed by atoms with Crippen LogP contribution < -0.4 is 14.8 Å². The fourth-order valence-corrected chi connectivity index (χ4v) is 3.32. The largest absolute Gasteiger partial charge is 0.513 e. The molecular weight excluding hydrogens is 510 g/mol. The molecule has 0 spiro atoms. The average molecular weight is 554 g/mol. The Morgan fingerprint density at radius 3 is 1.95 bits per heavy atom. The quantitative estimate of drug-likeness (QED) is 0.0814. The van der Waals surface area contributed by atoms with E-state index in [0.717, 1.165) is 12.8 Å². The fourth-order valence-electron chi connectivity index (χ4n) is 3.32. The zero-order valence-electron chi connectivity index (χ0n) is 23.9. The predicted octanol–water partition coefficient (Wildman–Crippen LogP) is 5.62. The van der Waals surface area contributed by atoms with E-state index in [2.05, 4.69) is 5.32 Å². The van der Waals surface area contributed by atoms with Gasteiger partial charge < -0.3 is 28.8 Å². The first-order valence-corrected chi connectivity index (χ1v) is 13.5. The topological polar surface area (TPSA) is 147 Å². The first kappa shape index (κ1) is 33.7. The van der Waals surface area contributed by atoms with Crippen molar-refractivity contribution in [2.45, 2.75) is 98.3 Å². The monoisotopic (exact) mass is 553 g/mol. The van der Waals surface area contributed by atoms with Crippen LogP contribution in [-0.2, 0) is 30.2 Å². The van der Waals surface area contributed by atoms with Crippen molar-refractivity contribution in [2.75, 3.05) is 13.2 Å². The summed E-state index contributed by atoms with van der Waals surface area (Å²) >= 11 is 0. The normalized spacial score (nSPS) is 13.2. The minimum Gasteiger partial charge on any atom is -0.477 e. The van der Waals surface area contributed by atoms with Gasteiger partial charge in [0.2, 0.25) is 0 Å². The van der Waals surface area contributed by atoms with Crippen LogP contribution in [0, 0.1) is 5.92 Å². The Bertz CT molecular complexity index is 948. The van der Waals surface area contributed by atoms with Gasteiger partial charge in [-0.3, -0.25) is 10.1 Å². The molecule has 1 rings (SSSR count). The molecular formula is C28H43NO10. The summed E-state index contributed by atoms with van der Waals surface area (Å²) in [7, 11) is 0. The SMILES string of the molecule is CCCCOC(=O)Oc1ccc(C[C@](NC(C)CC)(OC(=O)CC(C)C)C(=O)O)cc1OC(=O)OCCCC. The summed E-state index contributed by atoms with van der Waals surface area (Å²) in [6.45, 7) is 11.4. The van der Waals surface area contributed by atoms with E-state index in [-0.39, 0.29) is 49.5 Å². The van der Waals surface area contributed by atoms with Crippen molar-refractivity contribution in [1.82, 2.24) is 5.32 Å². The van der Waals surface area contributed by atoms with Gasteiger partial charge in [0.15, 0.2) is 11.5 Å². The Kier molecular flexibility index (Phi) is 14.9. The molecule has 0 aliphatic carbocycles. The molecule has 0 amide bonds. The van der Waals surface area contributed by atoms with Crippen LogP contribution in [0.4, 0.5) is 9.59 Å². The van der Waals surface area contributed by atoms with E-state index in [1.165, 1.54) is 18.2 Å². The molecule has 0 bridgehead atoms. The number of rotatable bonds is 17. The Hall–Kier alpha value is -3.34. The smallest absolute Gasteiger partial charge is 0.477 e. The van der Waals surface area contributed by atoms with E-state index >= 15 is 0 Å². The zero-order chi connectivity index (χ0) is 29.4. The third-order valence-corrected chi connectivity index (χ3v) is 5.58. The van der Waals surface area contributed by atoms with Gasteiger partial charge in [-0.25, -0.2) is 14.4 Å². The maximum Gasteiger partial charge on any atom is 0.513 e. The number of carboxylic acid groups (broad SMARTS) is 1. The lowest BCUT2D eigenvalue weighted by atomic mass is 10.00. The Morgan fingerprint density at radius 2 is 1.46 bits per heavy atom. The van der Waals surface area contributed by atoms with Crippen LogP contribution in [0.25, 0.3) is 0 Å². The summed E-state index contributed by atoms with van der Waals surface area (Å²) < 4.78 is 26.1. The molecule has 0 saturated heterocycles. The second-order valence-corrected chi connectivity index (χ2v) is 9.72. The van der Waals surface area contributed by atoms with Crippen LogP contribution in [0.3, 0.4) is 0 Å². The van der Waals surface area contributed by atoms with Crippen LogP contribution in [-0.4, -0.2) is 54.3 Å². The highest BCUT2D eigenvalue weighted by atomic mass is 16.7. The van der Waals surface area contributed by atoms with E-state index in [4.69, 9.17) is 23.7 Å². The number of carbonyl (C=O) groups excluding carboxylic acids is 3. The van der Waals surface area contributed by atoms with Crippen molar-refractivity contribution < 1.29 is 48.0 Å². The van der Waals surface area contributed by atoms with Crippen molar-refractivity contribution in [2.24, 2.45) is 5.92 Å². The summed E-state index contributed by atoms with van der Waals surface area (Å²) in [4.78, 5) is 49.5. The van der Waals surface area contributed by atoms with Gasteiger partial charge in [-0.15, -0.1) is 0 Å². The van der Waals surface area contributed by atoms with Gasteiger partial charge in [-0.2, -0.15) is 0 Å². The van der Waals surface area contributed by atoms with Gasteiger partial charge in [0.25, 0.3) is 5.72 Å². The molecule has 1 unspecified atom stereocenters. The molecule has 11 heteroatoms. The number of benzene rings is 1. The summed E-state index contributed by atoms with van der Waals surface area (Å²) in [5, 5.41) is 13.1. The highest BCUT2D eigenvalue weighted by Crippen LogP contribution is 2.31. The summed E-state index contributed by atoms with van der Waals surface area (Å²) in [6.07, 6.45) is 1.19. The number of esters is 1. The molecule has 1 aromatic carbocycles. The molecule has 39 heavy (non-hydrogen) atoms. The number of aliphatic carboxylic acids is 1. The van der Waals surface area contributed by atoms with Crippen LogP contribution >= 0.6 is 0 Å². The molecule has 0 aliphatic heterocycles. The third-order valence-electron chi connectivity index (χ3n) is 5.58. The van der Waals surface area contributed by atoms with Gasteiger partial charge in [-0.05, 0) is 49.8 Å². The number of hydrogen-bond acceptors (Lipinski definition) is 10. The van der Waals surface area contributed by atoms with Crippen molar-refractivity contribution in [3.8, 4) is 11.5 Å². The zero-order valence-corrected chi connectivity index (χ0v) is 23.9.